The topological polar surface area (TPSA) is 97.4 Å². The van der Waals surface area contributed by atoms with Crippen LogP contribution in [-0.2, 0) is 0 Å². The Kier molecular flexibility index (Phi) is 5.32. The van der Waals surface area contributed by atoms with E-state index in [1.54, 1.807) is 18.2 Å². The molecule has 0 aliphatic heterocycles. The lowest BCUT2D eigenvalue weighted by atomic mass is 10.2. The van der Waals surface area contributed by atoms with Gasteiger partial charge in [-0.25, -0.2) is 9.97 Å². The fraction of sp³-hybridized carbons (Fsp3) is 0. The van der Waals surface area contributed by atoms with Gasteiger partial charge in [0.2, 0.25) is 0 Å². The van der Waals surface area contributed by atoms with Gasteiger partial charge in [0.25, 0.3) is 0 Å². The van der Waals surface area contributed by atoms with Crippen LogP contribution in [0.2, 0.25) is 0 Å². The molecule has 0 saturated heterocycles. The summed E-state index contributed by atoms with van der Waals surface area (Å²) in [6.45, 7) is 0. The van der Waals surface area contributed by atoms with Crippen LogP contribution in [0.25, 0.3) is 11.4 Å². The van der Waals surface area contributed by atoms with Crippen molar-refractivity contribution in [3.63, 3.8) is 0 Å². The zero-order valence-electron chi connectivity index (χ0n) is 15.9. The molecule has 2 N–H and O–H groups in total. The molecule has 0 aliphatic carbocycles. The van der Waals surface area contributed by atoms with Gasteiger partial charge in [-0.1, -0.05) is 54.6 Å². The van der Waals surface area contributed by atoms with Gasteiger partial charge in [0.15, 0.2) is 5.82 Å². The van der Waals surface area contributed by atoms with Crippen molar-refractivity contribution >= 4 is 23.0 Å². The molecule has 1 heterocycles. The van der Waals surface area contributed by atoms with Crippen molar-refractivity contribution in [1.29, 1.82) is 10.5 Å². The molecule has 0 spiro atoms. The van der Waals surface area contributed by atoms with E-state index in [0.29, 0.717) is 40.0 Å². The van der Waals surface area contributed by atoms with Gasteiger partial charge >= 0.3 is 0 Å². The molecule has 4 aromatic rings. The highest BCUT2D eigenvalue weighted by Gasteiger charge is 2.10. The molecule has 0 atom stereocenters. The maximum atomic E-state index is 9.37. The van der Waals surface area contributed by atoms with Crippen molar-refractivity contribution in [2.24, 2.45) is 0 Å². The summed E-state index contributed by atoms with van der Waals surface area (Å²) in [5.41, 5.74) is 3.19. The van der Waals surface area contributed by atoms with E-state index in [0.717, 1.165) is 5.56 Å². The summed E-state index contributed by atoms with van der Waals surface area (Å²) in [7, 11) is 0. The first-order valence-corrected chi connectivity index (χ1v) is 9.23. The minimum Gasteiger partial charge on any atom is -0.339 e. The van der Waals surface area contributed by atoms with Crippen molar-refractivity contribution in [1.82, 2.24) is 9.97 Å². The SMILES string of the molecule is N#Cc1ccccc1Nc1cc(Nc2ccccc2C#N)nc(-c2ccccc2)n1. The standard InChI is InChI=1S/C24H16N6/c25-15-18-10-4-6-12-20(18)27-22-14-23(28-21-13-7-5-11-19(21)16-26)30-24(29-22)17-8-2-1-3-9-17/h1-14H,(H2,27,28,29,30). The number of rotatable bonds is 5. The number of hydrogen-bond donors (Lipinski definition) is 2. The Morgan fingerprint density at radius 1 is 0.600 bits per heavy atom. The van der Waals surface area contributed by atoms with E-state index in [9.17, 15) is 10.5 Å². The molecular formula is C24H16N6. The summed E-state index contributed by atoms with van der Waals surface area (Å²) in [6.07, 6.45) is 0. The average molecular weight is 388 g/mol. The number of nitrogens with zero attached hydrogens (tertiary/aromatic N) is 4. The molecule has 0 fully saturated rings. The summed E-state index contributed by atoms with van der Waals surface area (Å²) in [5, 5.41) is 25.2. The third-order valence-corrected chi connectivity index (χ3v) is 4.38. The zero-order valence-corrected chi connectivity index (χ0v) is 15.9. The van der Waals surface area contributed by atoms with E-state index < -0.39 is 0 Å². The van der Waals surface area contributed by atoms with Crippen molar-refractivity contribution in [3.05, 3.63) is 96.1 Å². The van der Waals surface area contributed by atoms with Crippen LogP contribution in [0, 0.1) is 22.7 Å². The van der Waals surface area contributed by atoms with Crippen molar-refractivity contribution < 1.29 is 0 Å². The second kappa shape index (κ2) is 8.55. The first kappa shape index (κ1) is 18.7. The molecule has 1 aromatic heterocycles. The summed E-state index contributed by atoms with van der Waals surface area (Å²) in [6, 6.07) is 30.2. The molecule has 0 saturated carbocycles. The zero-order chi connectivity index (χ0) is 20.8. The van der Waals surface area contributed by atoms with Crippen LogP contribution in [0.3, 0.4) is 0 Å². The number of anilines is 4. The number of hydrogen-bond acceptors (Lipinski definition) is 6. The second-order valence-electron chi connectivity index (χ2n) is 6.39. The van der Waals surface area contributed by atoms with Crippen LogP contribution in [0.1, 0.15) is 11.1 Å². The van der Waals surface area contributed by atoms with E-state index in [1.165, 1.54) is 0 Å². The maximum Gasteiger partial charge on any atom is 0.163 e. The maximum absolute atomic E-state index is 9.37. The lowest BCUT2D eigenvalue weighted by Gasteiger charge is -2.13. The minimum absolute atomic E-state index is 0.515. The molecule has 0 bridgehead atoms. The first-order valence-electron chi connectivity index (χ1n) is 9.23. The minimum atomic E-state index is 0.515. The molecule has 30 heavy (non-hydrogen) atoms. The lowest BCUT2D eigenvalue weighted by molar-refractivity contribution is 1.17. The Balaban J connectivity index is 1.77. The van der Waals surface area contributed by atoms with Gasteiger partial charge in [-0.05, 0) is 24.3 Å². The Morgan fingerprint density at radius 3 is 1.57 bits per heavy atom. The van der Waals surface area contributed by atoms with Crippen LogP contribution < -0.4 is 10.6 Å². The molecule has 6 heteroatoms. The van der Waals surface area contributed by atoms with Crippen LogP contribution in [0.4, 0.5) is 23.0 Å². The quantitative estimate of drug-likeness (QED) is 0.477. The molecule has 0 amide bonds. The Morgan fingerprint density at radius 2 is 1.07 bits per heavy atom. The van der Waals surface area contributed by atoms with Crippen LogP contribution >= 0.6 is 0 Å². The molecule has 142 valence electrons. The van der Waals surface area contributed by atoms with Crippen molar-refractivity contribution in [2.75, 3.05) is 10.6 Å². The normalized spacial score (nSPS) is 9.93. The summed E-state index contributed by atoms with van der Waals surface area (Å²) < 4.78 is 0. The van der Waals surface area contributed by atoms with Gasteiger partial charge < -0.3 is 10.6 Å². The summed E-state index contributed by atoms with van der Waals surface area (Å²) in [4.78, 5) is 9.24. The smallest absolute Gasteiger partial charge is 0.163 e. The summed E-state index contributed by atoms with van der Waals surface area (Å²) in [5.74, 6) is 1.58. The van der Waals surface area contributed by atoms with Crippen molar-refractivity contribution in [2.45, 2.75) is 0 Å². The fourth-order valence-corrected chi connectivity index (χ4v) is 2.95. The molecular weight excluding hydrogens is 372 g/mol. The predicted octanol–water partition coefficient (Wildman–Crippen LogP) is 5.37. The van der Waals surface area contributed by atoms with Gasteiger partial charge in [-0.15, -0.1) is 0 Å². The fourth-order valence-electron chi connectivity index (χ4n) is 2.95. The number of aromatic nitrogens is 2. The van der Waals surface area contributed by atoms with E-state index in [4.69, 9.17) is 0 Å². The van der Waals surface area contributed by atoms with Gasteiger partial charge in [0.1, 0.15) is 23.8 Å². The molecule has 0 radical (unpaired) electrons. The predicted molar refractivity (Wildman–Crippen MR) is 116 cm³/mol. The highest BCUT2D eigenvalue weighted by Crippen LogP contribution is 2.26. The van der Waals surface area contributed by atoms with Crippen molar-refractivity contribution in [3.8, 4) is 23.5 Å². The monoisotopic (exact) mass is 388 g/mol. The number of benzene rings is 3. The highest BCUT2D eigenvalue weighted by molar-refractivity contribution is 5.71. The Labute approximate surface area is 174 Å². The van der Waals surface area contributed by atoms with E-state index in [1.807, 2.05) is 66.7 Å². The van der Waals surface area contributed by atoms with Crippen LogP contribution in [0.5, 0.6) is 0 Å². The van der Waals surface area contributed by atoms with E-state index >= 15 is 0 Å². The largest absolute Gasteiger partial charge is 0.339 e. The number of nitrogens with one attached hydrogen (secondary N) is 2. The van der Waals surface area contributed by atoms with Gasteiger partial charge in [0.05, 0.1) is 22.5 Å². The van der Waals surface area contributed by atoms with Gasteiger partial charge in [-0.2, -0.15) is 10.5 Å². The first-order chi connectivity index (χ1) is 14.8. The van der Waals surface area contributed by atoms with E-state index in [2.05, 4.69) is 32.7 Å². The van der Waals surface area contributed by atoms with Gasteiger partial charge in [-0.3, -0.25) is 0 Å². The average Bonchev–Trinajstić information content (AvgIpc) is 2.80. The summed E-state index contributed by atoms with van der Waals surface area (Å²) >= 11 is 0. The molecule has 4 rings (SSSR count). The lowest BCUT2D eigenvalue weighted by Crippen LogP contribution is -2.03. The number of nitriles is 2. The Bertz CT molecular complexity index is 1190. The molecule has 0 unspecified atom stereocenters. The number of para-hydroxylation sites is 2. The third kappa shape index (κ3) is 4.09. The van der Waals surface area contributed by atoms with Gasteiger partial charge in [0, 0.05) is 11.6 Å². The Hall–Kier alpha value is -4.68. The van der Waals surface area contributed by atoms with Crippen LogP contribution in [0.15, 0.2) is 84.9 Å². The van der Waals surface area contributed by atoms with E-state index in [-0.39, 0.29) is 0 Å². The second-order valence-corrected chi connectivity index (χ2v) is 6.39. The third-order valence-electron chi connectivity index (χ3n) is 4.38. The molecule has 0 aliphatic rings. The molecule has 3 aromatic carbocycles. The highest BCUT2D eigenvalue weighted by atomic mass is 15.1. The molecule has 6 nitrogen and oxygen atoms in total. The van der Waals surface area contributed by atoms with Crippen LogP contribution in [-0.4, -0.2) is 9.97 Å².